The summed E-state index contributed by atoms with van der Waals surface area (Å²) < 4.78 is 5.55. The Kier molecular flexibility index (Phi) is 5.73. The van der Waals surface area contributed by atoms with Gasteiger partial charge in [-0.15, -0.1) is 0 Å². The zero-order chi connectivity index (χ0) is 14.9. The Morgan fingerprint density at radius 2 is 1.62 bits per heavy atom. The van der Waals surface area contributed by atoms with E-state index in [2.05, 4.69) is 0 Å². The third-order valence-corrected chi connectivity index (χ3v) is 3.04. The van der Waals surface area contributed by atoms with Crippen LogP contribution in [0.2, 0.25) is 0 Å². The van der Waals surface area contributed by atoms with E-state index in [0.717, 1.165) is 5.56 Å². The van der Waals surface area contributed by atoms with Gasteiger partial charge in [-0.05, 0) is 17.5 Å². The minimum Gasteiger partial charge on any atom is -0.478 e. The van der Waals surface area contributed by atoms with Gasteiger partial charge in [-0.1, -0.05) is 66.7 Å². The van der Waals surface area contributed by atoms with Crippen LogP contribution in [-0.2, 0) is 16.1 Å². The van der Waals surface area contributed by atoms with Crippen molar-refractivity contribution in [3.63, 3.8) is 0 Å². The third kappa shape index (κ3) is 4.89. The molecule has 0 spiro atoms. The Bertz CT molecular complexity index is 588. The molecule has 1 N–H and O–H groups in total. The summed E-state index contributed by atoms with van der Waals surface area (Å²) in [5.74, 6) is -0.913. The van der Waals surface area contributed by atoms with E-state index in [4.69, 9.17) is 4.74 Å². The van der Waals surface area contributed by atoms with Gasteiger partial charge in [0.2, 0.25) is 0 Å². The highest BCUT2D eigenvalue weighted by Crippen LogP contribution is 2.15. The van der Waals surface area contributed by atoms with Crippen LogP contribution in [0.25, 0.3) is 5.57 Å². The van der Waals surface area contributed by atoms with Crippen LogP contribution in [0, 0.1) is 0 Å². The average molecular weight is 282 g/mol. The number of benzene rings is 2. The quantitative estimate of drug-likeness (QED) is 0.621. The van der Waals surface area contributed by atoms with E-state index in [1.165, 1.54) is 0 Å². The molecule has 0 aliphatic rings. The van der Waals surface area contributed by atoms with Crippen LogP contribution < -0.4 is 0 Å². The van der Waals surface area contributed by atoms with E-state index >= 15 is 0 Å². The van der Waals surface area contributed by atoms with Crippen LogP contribution in [0.3, 0.4) is 0 Å². The van der Waals surface area contributed by atoms with Gasteiger partial charge in [-0.3, -0.25) is 0 Å². The Morgan fingerprint density at radius 3 is 2.24 bits per heavy atom. The maximum Gasteiger partial charge on any atom is 0.335 e. The number of carboxylic acid groups (broad SMARTS) is 1. The fourth-order valence-electron chi connectivity index (χ4n) is 2.00. The number of hydrogen-bond acceptors (Lipinski definition) is 2. The molecule has 0 amide bonds. The normalized spacial score (nSPS) is 11.3. The van der Waals surface area contributed by atoms with Gasteiger partial charge in [-0.25, -0.2) is 4.79 Å². The van der Waals surface area contributed by atoms with E-state index in [9.17, 15) is 9.90 Å². The van der Waals surface area contributed by atoms with Gasteiger partial charge in [0.15, 0.2) is 0 Å². The molecule has 2 aromatic rings. The highest BCUT2D eigenvalue weighted by molar-refractivity contribution is 6.15. The third-order valence-electron chi connectivity index (χ3n) is 3.04. The summed E-state index contributed by atoms with van der Waals surface area (Å²) in [6, 6.07) is 19.0. The van der Waals surface area contributed by atoms with E-state index in [-0.39, 0.29) is 0 Å². The molecule has 3 heteroatoms. The van der Waals surface area contributed by atoms with Crippen molar-refractivity contribution < 1.29 is 14.6 Å². The zero-order valence-electron chi connectivity index (χ0n) is 11.7. The van der Waals surface area contributed by atoms with Gasteiger partial charge >= 0.3 is 5.97 Å². The molecule has 2 rings (SSSR count). The minimum absolute atomic E-state index is 0.318. The molecule has 108 valence electrons. The number of carbonyl (C=O) groups is 1. The van der Waals surface area contributed by atoms with Crippen molar-refractivity contribution in [2.24, 2.45) is 0 Å². The predicted octanol–water partition coefficient (Wildman–Crippen LogP) is 3.76. The molecule has 0 aromatic heterocycles. The van der Waals surface area contributed by atoms with Crippen LogP contribution in [0.5, 0.6) is 0 Å². The molecule has 0 unspecified atom stereocenters. The molecular formula is C18H18O3. The fourth-order valence-corrected chi connectivity index (χ4v) is 2.00. The summed E-state index contributed by atoms with van der Waals surface area (Å²) in [5.41, 5.74) is 2.15. The maximum absolute atomic E-state index is 11.3. The molecule has 0 atom stereocenters. The van der Waals surface area contributed by atoms with Crippen LogP contribution >= 0.6 is 0 Å². The van der Waals surface area contributed by atoms with Gasteiger partial charge < -0.3 is 9.84 Å². The van der Waals surface area contributed by atoms with Crippen LogP contribution in [-0.4, -0.2) is 17.7 Å². The summed E-state index contributed by atoms with van der Waals surface area (Å²) in [6.07, 6.45) is 2.28. The lowest BCUT2D eigenvalue weighted by Gasteiger charge is -2.04. The lowest BCUT2D eigenvalue weighted by molar-refractivity contribution is -0.130. The molecule has 0 radical (unpaired) electrons. The predicted molar refractivity (Wildman–Crippen MR) is 82.8 cm³/mol. The molecule has 0 fully saturated rings. The van der Waals surface area contributed by atoms with E-state index in [1.54, 1.807) is 18.2 Å². The van der Waals surface area contributed by atoms with Crippen molar-refractivity contribution in [2.45, 2.75) is 13.0 Å². The highest BCUT2D eigenvalue weighted by atomic mass is 16.5. The molecule has 0 aliphatic carbocycles. The van der Waals surface area contributed by atoms with Crippen molar-refractivity contribution in [2.75, 3.05) is 6.61 Å². The molecule has 0 bridgehead atoms. The summed E-state index contributed by atoms with van der Waals surface area (Å²) in [7, 11) is 0. The van der Waals surface area contributed by atoms with Gasteiger partial charge in [0.25, 0.3) is 0 Å². The number of aliphatic carboxylic acids is 1. The summed E-state index contributed by atoms with van der Waals surface area (Å²) >= 11 is 0. The Hall–Kier alpha value is -2.39. The molecule has 0 aliphatic heterocycles. The van der Waals surface area contributed by atoms with Crippen LogP contribution in [0.4, 0.5) is 0 Å². The van der Waals surface area contributed by atoms with E-state index in [0.29, 0.717) is 30.8 Å². The summed E-state index contributed by atoms with van der Waals surface area (Å²) in [5, 5.41) is 9.25. The number of hydrogen-bond donors (Lipinski definition) is 1. The largest absolute Gasteiger partial charge is 0.478 e. The van der Waals surface area contributed by atoms with E-state index < -0.39 is 5.97 Å². The summed E-state index contributed by atoms with van der Waals surface area (Å²) in [6.45, 7) is 1.04. The zero-order valence-corrected chi connectivity index (χ0v) is 11.7. The van der Waals surface area contributed by atoms with Crippen LogP contribution in [0.15, 0.2) is 66.7 Å². The standard InChI is InChI=1S/C18H18O3/c19-18(20)17(16-10-5-2-6-11-16)12-7-13-21-14-15-8-3-1-4-9-15/h1-6,8-12H,7,13-14H2,(H,19,20)/b17-12+. The summed E-state index contributed by atoms with van der Waals surface area (Å²) in [4.78, 5) is 11.3. The second-order valence-corrected chi connectivity index (χ2v) is 4.62. The number of rotatable bonds is 7. The molecule has 3 nitrogen and oxygen atoms in total. The average Bonchev–Trinajstić information content (AvgIpc) is 2.52. The first kappa shape index (κ1) is 15.0. The molecule has 0 saturated carbocycles. The lowest BCUT2D eigenvalue weighted by Crippen LogP contribution is -2.01. The molecule has 2 aromatic carbocycles. The van der Waals surface area contributed by atoms with Crippen molar-refractivity contribution in [3.05, 3.63) is 77.9 Å². The number of carboxylic acids is 1. The Balaban J connectivity index is 1.85. The minimum atomic E-state index is -0.913. The van der Waals surface area contributed by atoms with Crippen LogP contribution in [0.1, 0.15) is 17.5 Å². The van der Waals surface area contributed by atoms with Crippen molar-refractivity contribution >= 4 is 11.5 Å². The Labute approximate surface area is 124 Å². The Morgan fingerprint density at radius 1 is 1.00 bits per heavy atom. The molecule has 0 heterocycles. The van der Waals surface area contributed by atoms with Crippen molar-refractivity contribution in [3.8, 4) is 0 Å². The van der Waals surface area contributed by atoms with Crippen molar-refractivity contribution in [1.82, 2.24) is 0 Å². The maximum atomic E-state index is 11.3. The van der Waals surface area contributed by atoms with E-state index in [1.807, 2.05) is 48.5 Å². The number of ether oxygens (including phenoxy) is 1. The topological polar surface area (TPSA) is 46.5 Å². The fraction of sp³-hybridized carbons (Fsp3) is 0.167. The second kappa shape index (κ2) is 8.02. The molecule has 21 heavy (non-hydrogen) atoms. The molecule has 0 saturated heterocycles. The highest BCUT2D eigenvalue weighted by Gasteiger charge is 2.08. The van der Waals surface area contributed by atoms with Gasteiger partial charge in [0.05, 0.1) is 18.8 Å². The first-order valence-electron chi connectivity index (χ1n) is 6.88. The monoisotopic (exact) mass is 282 g/mol. The molecular weight excluding hydrogens is 264 g/mol. The van der Waals surface area contributed by atoms with Gasteiger partial charge in [-0.2, -0.15) is 0 Å². The van der Waals surface area contributed by atoms with Gasteiger partial charge in [0, 0.05) is 0 Å². The lowest BCUT2D eigenvalue weighted by atomic mass is 10.1. The van der Waals surface area contributed by atoms with Gasteiger partial charge in [0.1, 0.15) is 0 Å². The second-order valence-electron chi connectivity index (χ2n) is 4.62. The first-order chi connectivity index (χ1) is 10.3. The SMILES string of the molecule is O=C(O)/C(=C/CCOCc1ccccc1)c1ccccc1. The first-order valence-corrected chi connectivity index (χ1v) is 6.88. The smallest absolute Gasteiger partial charge is 0.335 e. The van der Waals surface area contributed by atoms with Crippen molar-refractivity contribution in [1.29, 1.82) is 0 Å².